The molecule has 0 aliphatic carbocycles. The molecule has 1 fully saturated rings. The minimum absolute atomic E-state index is 0.00823. The standard InChI is InChI=1S/C20H20N2O5S/c23-18-7-4-12-22(18,14-19(24)28-21-20(25)26)13-15-8-10-17(11-9-15)27-16-5-2-1-3-6-16/h1-3,5-6,8-11,21H,4,7,12-14H2/p+1. The van der Waals surface area contributed by atoms with Crippen molar-refractivity contribution in [2.24, 2.45) is 0 Å². The Labute approximate surface area is 167 Å². The number of nitrogens with one attached hydrogen (secondary N) is 1. The van der Waals surface area contributed by atoms with Crippen LogP contribution in [-0.2, 0) is 16.1 Å². The highest BCUT2D eigenvalue weighted by molar-refractivity contribution is 8.12. The summed E-state index contributed by atoms with van der Waals surface area (Å²) in [4.78, 5) is 35.3. The van der Waals surface area contributed by atoms with E-state index in [4.69, 9.17) is 9.84 Å². The van der Waals surface area contributed by atoms with Crippen LogP contribution in [0.4, 0.5) is 4.79 Å². The second-order valence-electron chi connectivity index (χ2n) is 6.62. The van der Waals surface area contributed by atoms with Crippen molar-refractivity contribution >= 4 is 29.1 Å². The lowest BCUT2D eigenvalue weighted by Crippen LogP contribution is -2.51. The van der Waals surface area contributed by atoms with Gasteiger partial charge >= 0.3 is 12.0 Å². The zero-order chi connectivity index (χ0) is 20.0. The Morgan fingerprint density at radius 1 is 1.07 bits per heavy atom. The molecule has 2 aromatic rings. The number of quaternary nitrogens is 1. The lowest BCUT2D eigenvalue weighted by atomic mass is 10.1. The van der Waals surface area contributed by atoms with Crippen molar-refractivity contribution in [2.75, 3.05) is 13.1 Å². The first-order valence-electron chi connectivity index (χ1n) is 8.87. The Balaban J connectivity index is 1.68. The van der Waals surface area contributed by atoms with Crippen molar-refractivity contribution in [1.82, 2.24) is 4.72 Å². The monoisotopic (exact) mass is 401 g/mol. The Bertz CT molecular complexity index is 857. The Hall–Kier alpha value is -2.84. The second kappa shape index (κ2) is 8.90. The zero-order valence-corrected chi connectivity index (χ0v) is 16.0. The van der Waals surface area contributed by atoms with E-state index in [1.807, 2.05) is 59.3 Å². The van der Waals surface area contributed by atoms with E-state index >= 15 is 0 Å². The maximum atomic E-state index is 12.5. The van der Waals surface area contributed by atoms with Crippen LogP contribution in [0, 0.1) is 0 Å². The van der Waals surface area contributed by atoms with E-state index in [1.54, 1.807) is 0 Å². The number of carbonyl (C=O) groups is 3. The number of nitrogens with zero attached hydrogens (tertiary/aromatic N) is 1. The molecule has 1 saturated heterocycles. The van der Waals surface area contributed by atoms with Gasteiger partial charge in [-0.15, -0.1) is 0 Å². The summed E-state index contributed by atoms with van der Waals surface area (Å²) in [6.07, 6.45) is -0.135. The average molecular weight is 401 g/mol. The molecule has 8 heteroatoms. The fourth-order valence-electron chi connectivity index (χ4n) is 3.30. The van der Waals surface area contributed by atoms with E-state index in [0.29, 0.717) is 37.2 Å². The molecular formula is C20H21N2O5S+. The highest BCUT2D eigenvalue weighted by atomic mass is 32.2. The summed E-state index contributed by atoms with van der Waals surface area (Å²) in [7, 11) is 0. The number of ether oxygens (including phenoxy) is 1. The van der Waals surface area contributed by atoms with Gasteiger partial charge in [0, 0.05) is 23.9 Å². The van der Waals surface area contributed by atoms with E-state index in [-0.39, 0.29) is 22.1 Å². The van der Waals surface area contributed by atoms with Gasteiger partial charge < -0.3 is 9.84 Å². The molecule has 1 atom stereocenters. The summed E-state index contributed by atoms with van der Waals surface area (Å²) >= 11 is 0.510. The Morgan fingerprint density at radius 2 is 1.75 bits per heavy atom. The number of carboxylic acid groups (broad SMARTS) is 1. The van der Waals surface area contributed by atoms with Gasteiger partial charge in [-0.3, -0.25) is 9.52 Å². The predicted octanol–water partition coefficient (Wildman–Crippen LogP) is 3.56. The number of carbonyl (C=O) groups excluding carboxylic acids is 2. The van der Waals surface area contributed by atoms with Gasteiger partial charge in [0.1, 0.15) is 18.0 Å². The van der Waals surface area contributed by atoms with Crippen LogP contribution in [0.25, 0.3) is 0 Å². The maximum Gasteiger partial charge on any atom is 0.415 e. The molecule has 7 nitrogen and oxygen atoms in total. The molecule has 0 spiro atoms. The molecule has 0 bridgehead atoms. The SMILES string of the molecule is O=C(O)NSC(=O)C[N+]1(Cc2ccc(Oc3ccccc3)cc2)CCCC1=O. The number of likely N-dealkylation sites (tertiary alicyclic amines) is 1. The minimum atomic E-state index is -1.29. The van der Waals surface area contributed by atoms with E-state index in [2.05, 4.69) is 0 Å². The van der Waals surface area contributed by atoms with Crippen molar-refractivity contribution < 1.29 is 28.7 Å². The van der Waals surface area contributed by atoms with E-state index in [0.717, 1.165) is 17.7 Å². The molecular weight excluding hydrogens is 380 g/mol. The molecule has 2 aromatic carbocycles. The van der Waals surface area contributed by atoms with Gasteiger partial charge in [0.15, 0.2) is 6.54 Å². The number of para-hydroxylation sites is 1. The third kappa shape index (κ3) is 5.11. The third-order valence-corrected chi connectivity index (χ3v) is 5.21. The first-order chi connectivity index (χ1) is 13.5. The number of amides is 2. The normalized spacial score (nSPS) is 18.6. The van der Waals surface area contributed by atoms with Crippen LogP contribution in [0.1, 0.15) is 18.4 Å². The smallest absolute Gasteiger partial charge is 0.415 e. The molecule has 28 heavy (non-hydrogen) atoms. The van der Waals surface area contributed by atoms with Crippen molar-refractivity contribution in [3.05, 3.63) is 60.2 Å². The molecule has 0 saturated carbocycles. The zero-order valence-electron chi connectivity index (χ0n) is 15.2. The van der Waals surface area contributed by atoms with Gasteiger partial charge in [-0.2, -0.15) is 0 Å². The molecule has 2 N–H and O–H groups in total. The van der Waals surface area contributed by atoms with Gasteiger partial charge in [0.05, 0.1) is 13.0 Å². The van der Waals surface area contributed by atoms with Crippen molar-refractivity contribution in [2.45, 2.75) is 19.4 Å². The van der Waals surface area contributed by atoms with Crippen LogP contribution >= 0.6 is 11.9 Å². The topological polar surface area (TPSA) is 92.7 Å². The van der Waals surface area contributed by atoms with Crippen molar-refractivity contribution in [3.8, 4) is 11.5 Å². The summed E-state index contributed by atoms with van der Waals surface area (Å²) in [5.74, 6) is 1.43. The van der Waals surface area contributed by atoms with Crippen LogP contribution in [0.2, 0.25) is 0 Å². The lowest BCUT2D eigenvalue weighted by molar-refractivity contribution is -0.851. The summed E-state index contributed by atoms with van der Waals surface area (Å²) in [6.45, 7) is 0.927. The van der Waals surface area contributed by atoms with E-state index < -0.39 is 6.09 Å². The highest BCUT2D eigenvalue weighted by Gasteiger charge is 2.43. The molecule has 0 aromatic heterocycles. The molecule has 146 valence electrons. The van der Waals surface area contributed by atoms with Crippen LogP contribution in [-0.4, -0.2) is 39.8 Å². The van der Waals surface area contributed by atoms with Gasteiger partial charge in [-0.05, 0) is 36.4 Å². The van der Waals surface area contributed by atoms with Gasteiger partial charge in [0.25, 0.3) is 5.12 Å². The number of hydrogen-bond donors (Lipinski definition) is 2. The number of benzene rings is 2. The minimum Gasteiger partial charge on any atom is -0.464 e. The van der Waals surface area contributed by atoms with E-state index in [9.17, 15) is 14.4 Å². The van der Waals surface area contributed by atoms with Gasteiger partial charge in [0.2, 0.25) is 0 Å². The molecule has 1 heterocycles. The highest BCUT2D eigenvalue weighted by Crippen LogP contribution is 2.28. The first-order valence-corrected chi connectivity index (χ1v) is 9.68. The second-order valence-corrected chi connectivity index (χ2v) is 7.49. The summed E-state index contributed by atoms with van der Waals surface area (Å²) in [5.41, 5.74) is 0.916. The van der Waals surface area contributed by atoms with E-state index in [1.165, 1.54) is 0 Å². The third-order valence-electron chi connectivity index (χ3n) is 4.58. The van der Waals surface area contributed by atoms with Gasteiger partial charge in [-0.25, -0.2) is 14.1 Å². The molecule has 3 rings (SSSR count). The quantitative estimate of drug-likeness (QED) is 0.568. The number of hydrogen-bond acceptors (Lipinski definition) is 5. The van der Waals surface area contributed by atoms with Crippen LogP contribution in [0.15, 0.2) is 54.6 Å². The molecule has 2 amide bonds. The molecule has 1 aliphatic heterocycles. The average Bonchev–Trinajstić information content (AvgIpc) is 3.02. The summed E-state index contributed by atoms with van der Waals surface area (Å²) in [5, 5.41) is 8.26. The maximum absolute atomic E-state index is 12.5. The number of rotatable bonds is 6. The lowest BCUT2D eigenvalue weighted by Gasteiger charge is -2.30. The van der Waals surface area contributed by atoms with Crippen LogP contribution < -0.4 is 9.46 Å². The molecule has 1 unspecified atom stereocenters. The van der Waals surface area contributed by atoms with Crippen LogP contribution in [0.5, 0.6) is 11.5 Å². The Kier molecular flexibility index (Phi) is 6.33. The summed E-state index contributed by atoms with van der Waals surface area (Å²) in [6, 6.07) is 16.9. The van der Waals surface area contributed by atoms with Crippen molar-refractivity contribution in [1.29, 1.82) is 0 Å². The first kappa shape index (κ1) is 19.9. The largest absolute Gasteiger partial charge is 0.464 e. The van der Waals surface area contributed by atoms with Crippen LogP contribution in [0.3, 0.4) is 0 Å². The fraction of sp³-hybridized carbons (Fsp3) is 0.250. The van der Waals surface area contributed by atoms with Crippen molar-refractivity contribution in [3.63, 3.8) is 0 Å². The molecule has 0 radical (unpaired) electrons. The fourth-order valence-corrected chi connectivity index (χ4v) is 3.81. The summed E-state index contributed by atoms with van der Waals surface area (Å²) < 4.78 is 7.79. The predicted molar refractivity (Wildman–Crippen MR) is 105 cm³/mol. The van der Waals surface area contributed by atoms with Gasteiger partial charge in [-0.1, -0.05) is 18.2 Å². The Morgan fingerprint density at radius 3 is 2.36 bits per heavy atom. The molecule has 1 aliphatic rings.